The molecule has 3 rings (SSSR count). The summed E-state index contributed by atoms with van der Waals surface area (Å²) in [6, 6.07) is 6.32. The highest BCUT2D eigenvalue weighted by Crippen LogP contribution is 2.27. The van der Waals surface area contributed by atoms with Crippen molar-refractivity contribution >= 4 is 33.7 Å². The molecular weight excluding hydrogens is 326 g/mol. The third-order valence-corrected chi connectivity index (χ3v) is 5.13. The molecule has 0 bridgehead atoms. The van der Waals surface area contributed by atoms with Crippen LogP contribution >= 0.6 is 22.7 Å². The Morgan fingerprint density at radius 2 is 2.09 bits per heavy atom. The van der Waals surface area contributed by atoms with Crippen LogP contribution in [0.2, 0.25) is 0 Å². The third kappa shape index (κ3) is 3.83. The Bertz CT molecular complexity index is 851. The van der Waals surface area contributed by atoms with Crippen molar-refractivity contribution in [1.29, 1.82) is 0 Å². The fourth-order valence-corrected chi connectivity index (χ4v) is 3.90. The Morgan fingerprint density at radius 3 is 2.78 bits per heavy atom. The standard InChI is InChI=1S/C17H17N3OS2/c1-10-4-5-14(11(2)6-10)16-19-13(9-22-16)7-15(21)20-17-18-8-12(3)23-17/h4-6,8-9H,7H2,1-3H3,(H,18,20,21). The Labute approximate surface area is 143 Å². The van der Waals surface area contributed by atoms with Gasteiger partial charge in [0.05, 0.1) is 12.1 Å². The molecule has 0 atom stereocenters. The van der Waals surface area contributed by atoms with Crippen LogP contribution in [-0.4, -0.2) is 15.9 Å². The minimum atomic E-state index is -0.0863. The first kappa shape index (κ1) is 15.8. The fourth-order valence-electron chi connectivity index (χ4n) is 2.31. The molecule has 0 unspecified atom stereocenters. The SMILES string of the molecule is Cc1ccc(-c2nc(CC(=O)Nc3ncc(C)s3)cs2)c(C)c1. The molecular formula is C17H17N3OS2. The van der Waals surface area contributed by atoms with Gasteiger partial charge in [-0.1, -0.05) is 23.8 Å². The van der Waals surface area contributed by atoms with E-state index in [1.807, 2.05) is 12.3 Å². The Morgan fingerprint density at radius 1 is 1.26 bits per heavy atom. The van der Waals surface area contributed by atoms with Crippen LogP contribution in [0.1, 0.15) is 21.7 Å². The van der Waals surface area contributed by atoms with Gasteiger partial charge in [-0.3, -0.25) is 4.79 Å². The zero-order valence-corrected chi connectivity index (χ0v) is 14.8. The van der Waals surface area contributed by atoms with Gasteiger partial charge in [0.1, 0.15) is 5.01 Å². The van der Waals surface area contributed by atoms with Gasteiger partial charge >= 0.3 is 0 Å². The highest BCUT2D eigenvalue weighted by atomic mass is 32.1. The van der Waals surface area contributed by atoms with Crippen LogP contribution in [0.25, 0.3) is 10.6 Å². The van der Waals surface area contributed by atoms with Crippen molar-refractivity contribution in [2.45, 2.75) is 27.2 Å². The highest BCUT2D eigenvalue weighted by Gasteiger charge is 2.12. The second kappa shape index (κ2) is 6.60. The molecule has 1 amide bonds. The number of aryl methyl sites for hydroxylation is 3. The topological polar surface area (TPSA) is 54.9 Å². The molecule has 118 valence electrons. The maximum Gasteiger partial charge on any atom is 0.232 e. The lowest BCUT2D eigenvalue weighted by Crippen LogP contribution is -2.14. The number of benzene rings is 1. The van der Waals surface area contributed by atoms with Crippen molar-refractivity contribution in [1.82, 2.24) is 9.97 Å². The largest absolute Gasteiger partial charge is 0.302 e. The molecule has 0 aliphatic rings. The van der Waals surface area contributed by atoms with Crippen LogP contribution < -0.4 is 5.32 Å². The van der Waals surface area contributed by atoms with E-state index in [4.69, 9.17) is 0 Å². The van der Waals surface area contributed by atoms with Crippen molar-refractivity contribution in [2.24, 2.45) is 0 Å². The molecule has 0 fully saturated rings. The lowest BCUT2D eigenvalue weighted by atomic mass is 10.1. The summed E-state index contributed by atoms with van der Waals surface area (Å²) in [6.07, 6.45) is 2.02. The maximum atomic E-state index is 12.1. The van der Waals surface area contributed by atoms with Crippen molar-refractivity contribution in [3.63, 3.8) is 0 Å². The van der Waals surface area contributed by atoms with Gasteiger partial charge < -0.3 is 5.32 Å². The number of carbonyl (C=O) groups excluding carboxylic acids is 1. The quantitative estimate of drug-likeness (QED) is 0.765. The summed E-state index contributed by atoms with van der Waals surface area (Å²) >= 11 is 3.04. The number of hydrogen-bond acceptors (Lipinski definition) is 5. The molecule has 2 aromatic heterocycles. The van der Waals surface area contributed by atoms with Crippen LogP contribution in [0.15, 0.2) is 29.8 Å². The van der Waals surface area contributed by atoms with E-state index >= 15 is 0 Å². The number of thiazole rings is 2. The van der Waals surface area contributed by atoms with Gasteiger partial charge in [-0.25, -0.2) is 9.97 Å². The van der Waals surface area contributed by atoms with Gasteiger partial charge in [-0.05, 0) is 26.3 Å². The number of hydrogen-bond donors (Lipinski definition) is 1. The number of nitrogens with one attached hydrogen (secondary N) is 1. The average Bonchev–Trinajstić information content (AvgIpc) is 3.08. The Hall–Kier alpha value is -2.05. The van der Waals surface area contributed by atoms with Crippen LogP contribution in [0.4, 0.5) is 5.13 Å². The van der Waals surface area contributed by atoms with E-state index in [9.17, 15) is 4.79 Å². The van der Waals surface area contributed by atoms with Gasteiger partial charge in [-0.15, -0.1) is 22.7 Å². The molecule has 6 heteroatoms. The summed E-state index contributed by atoms with van der Waals surface area (Å²) < 4.78 is 0. The van der Waals surface area contributed by atoms with E-state index in [0.29, 0.717) is 5.13 Å². The molecule has 1 aromatic carbocycles. The second-order valence-electron chi connectivity index (χ2n) is 5.46. The number of aromatic nitrogens is 2. The monoisotopic (exact) mass is 343 g/mol. The molecule has 0 saturated carbocycles. The van der Waals surface area contributed by atoms with E-state index in [1.54, 1.807) is 17.5 Å². The van der Waals surface area contributed by atoms with Crippen LogP contribution in [0.5, 0.6) is 0 Å². The maximum absolute atomic E-state index is 12.1. The van der Waals surface area contributed by atoms with Gasteiger partial charge in [0.25, 0.3) is 0 Å². The van der Waals surface area contributed by atoms with Crippen molar-refractivity contribution in [3.05, 3.63) is 51.5 Å². The number of rotatable bonds is 4. The summed E-state index contributed by atoms with van der Waals surface area (Å²) in [6.45, 7) is 6.12. The highest BCUT2D eigenvalue weighted by molar-refractivity contribution is 7.15. The molecule has 0 aliphatic carbocycles. The zero-order valence-electron chi connectivity index (χ0n) is 13.2. The molecule has 4 nitrogen and oxygen atoms in total. The number of carbonyl (C=O) groups is 1. The predicted octanol–water partition coefficient (Wildman–Crippen LogP) is 4.37. The first-order valence-electron chi connectivity index (χ1n) is 7.25. The van der Waals surface area contributed by atoms with Gasteiger partial charge in [0.2, 0.25) is 5.91 Å². The smallest absolute Gasteiger partial charge is 0.232 e. The molecule has 1 N–H and O–H groups in total. The molecule has 0 aliphatic heterocycles. The number of anilines is 1. The molecule has 23 heavy (non-hydrogen) atoms. The third-order valence-electron chi connectivity index (χ3n) is 3.37. The van der Waals surface area contributed by atoms with E-state index in [1.165, 1.54) is 22.5 Å². The minimum absolute atomic E-state index is 0.0863. The minimum Gasteiger partial charge on any atom is -0.302 e. The number of amides is 1. The average molecular weight is 343 g/mol. The molecule has 0 spiro atoms. The van der Waals surface area contributed by atoms with Crippen LogP contribution in [0, 0.1) is 20.8 Å². The molecule has 0 saturated heterocycles. The Kier molecular flexibility index (Phi) is 4.54. The van der Waals surface area contributed by atoms with E-state index in [-0.39, 0.29) is 12.3 Å². The van der Waals surface area contributed by atoms with Crippen LogP contribution in [-0.2, 0) is 11.2 Å². The summed E-state index contributed by atoms with van der Waals surface area (Å²) in [5.41, 5.74) is 4.35. The second-order valence-corrected chi connectivity index (χ2v) is 7.56. The first-order chi connectivity index (χ1) is 11.0. The first-order valence-corrected chi connectivity index (χ1v) is 8.95. The number of nitrogens with zero attached hydrogens (tertiary/aromatic N) is 2. The summed E-state index contributed by atoms with van der Waals surface area (Å²) in [5.74, 6) is -0.0863. The molecule has 2 heterocycles. The normalized spacial score (nSPS) is 10.7. The lowest BCUT2D eigenvalue weighted by Gasteiger charge is -2.03. The predicted molar refractivity (Wildman–Crippen MR) is 96.2 cm³/mol. The summed E-state index contributed by atoms with van der Waals surface area (Å²) in [7, 11) is 0. The van der Waals surface area contributed by atoms with Gasteiger partial charge in [-0.2, -0.15) is 0 Å². The van der Waals surface area contributed by atoms with E-state index < -0.39 is 0 Å². The summed E-state index contributed by atoms with van der Waals surface area (Å²) in [5, 5.41) is 6.35. The van der Waals surface area contributed by atoms with E-state index in [2.05, 4.69) is 47.3 Å². The van der Waals surface area contributed by atoms with Gasteiger partial charge in [0.15, 0.2) is 5.13 Å². The summed E-state index contributed by atoms with van der Waals surface area (Å²) in [4.78, 5) is 21.9. The Balaban J connectivity index is 1.70. The van der Waals surface area contributed by atoms with Gasteiger partial charge in [0, 0.05) is 22.0 Å². The molecule has 0 radical (unpaired) electrons. The molecule has 3 aromatic rings. The van der Waals surface area contributed by atoms with E-state index in [0.717, 1.165) is 21.1 Å². The van der Waals surface area contributed by atoms with Crippen molar-refractivity contribution in [2.75, 3.05) is 5.32 Å². The lowest BCUT2D eigenvalue weighted by molar-refractivity contribution is -0.115. The van der Waals surface area contributed by atoms with Crippen LogP contribution in [0.3, 0.4) is 0 Å². The van der Waals surface area contributed by atoms with Crippen molar-refractivity contribution < 1.29 is 4.79 Å². The zero-order chi connectivity index (χ0) is 16.4. The van der Waals surface area contributed by atoms with Crippen molar-refractivity contribution in [3.8, 4) is 10.6 Å². The fraction of sp³-hybridized carbons (Fsp3) is 0.235.